The molecule has 3 aromatic rings. The van der Waals surface area contributed by atoms with Crippen LogP contribution in [0.15, 0.2) is 54.6 Å². The summed E-state index contributed by atoms with van der Waals surface area (Å²) in [6, 6.07) is 15.9. The zero-order valence-electron chi connectivity index (χ0n) is 15.6. The fraction of sp³-hybridized carbons (Fsp3) is 0.286. The largest absolute Gasteiger partial charge is 0.343 e. The highest BCUT2D eigenvalue weighted by molar-refractivity contribution is 7.09. The molecule has 1 amide bonds. The van der Waals surface area contributed by atoms with Crippen LogP contribution < -0.4 is 4.90 Å². The fourth-order valence-corrected chi connectivity index (χ4v) is 4.13. The first-order valence-electron chi connectivity index (χ1n) is 9.28. The Kier molecular flexibility index (Phi) is 5.34. The van der Waals surface area contributed by atoms with E-state index in [1.807, 2.05) is 30.0 Å². The first-order chi connectivity index (χ1) is 13.6. The average Bonchev–Trinajstić information content (AvgIpc) is 3.17. The van der Waals surface area contributed by atoms with Gasteiger partial charge in [-0.3, -0.25) is 4.79 Å². The van der Waals surface area contributed by atoms with Gasteiger partial charge in [0, 0.05) is 49.2 Å². The van der Waals surface area contributed by atoms with E-state index < -0.39 is 0 Å². The summed E-state index contributed by atoms with van der Waals surface area (Å²) >= 11 is 1.40. The number of rotatable bonds is 4. The lowest BCUT2D eigenvalue weighted by molar-refractivity contribution is 0.0674. The Labute approximate surface area is 167 Å². The van der Waals surface area contributed by atoms with Gasteiger partial charge in [-0.05, 0) is 36.8 Å². The molecule has 28 heavy (non-hydrogen) atoms. The third kappa shape index (κ3) is 4.04. The zero-order valence-corrected chi connectivity index (χ0v) is 16.4. The third-order valence-corrected chi connectivity index (χ3v) is 5.73. The molecule has 0 aliphatic carbocycles. The molecule has 1 unspecified atom stereocenters. The molecule has 0 bridgehead atoms. The standard InChI is InChI=1S/C21H21FN4OS/c1-15-14-25(11-12-26(15)20(27)17-7-9-18(22)10-8-17)21-23-19(24-28-21)13-16-5-3-2-4-6-16/h2-10,15H,11-14H2,1H3. The van der Waals surface area contributed by atoms with Gasteiger partial charge in [0.25, 0.3) is 5.91 Å². The van der Waals surface area contributed by atoms with Gasteiger partial charge in [-0.1, -0.05) is 30.3 Å². The number of halogens is 1. The number of anilines is 1. The van der Waals surface area contributed by atoms with Crippen molar-refractivity contribution >= 4 is 22.6 Å². The second-order valence-corrected chi connectivity index (χ2v) is 7.69. The Hall–Kier alpha value is -2.80. The normalized spacial score (nSPS) is 17.0. The fourth-order valence-electron chi connectivity index (χ4n) is 3.41. The number of carbonyl (C=O) groups excluding carboxylic acids is 1. The molecule has 1 saturated heterocycles. The highest BCUT2D eigenvalue weighted by Gasteiger charge is 2.29. The van der Waals surface area contributed by atoms with Gasteiger partial charge in [0.1, 0.15) is 11.6 Å². The summed E-state index contributed by atoms with van der Waals surface area (Å²) in [5, 5.41) is 0.895. The van der Waals surface area contributed by atoms with Crippen molar-refractivity contribution in [2.45, 2.75) is 19.4 Å². The second kappa shape index (κ2) is 8.06. The van der Waals surface area contributed by atoms with Gasteiger partial charge >= 0.3 is 0 Å². The lowest BCUT2D eigenvalue weighted by atomic mass is 10.1. The number of aromatic nitrogens is 2. The molecule has 0 saturated carbocycles. The monoisotopic (exact) mass is 396 g/mol. The predicted molar refractivity (Wildman–Crippen MR) is 108 cm³/mol. The third-order valence-electron chi connectivity index (χ3n) is 4.91. The highest BCUT2D eigenvalue weighted by Crippen LogP contribution is 2.23. The molecular weight excluding hydrogens is 375 g/mol. The number of hydrogen-bond acceptors (Lipinski definition) is 5. The number of piperazine rings is 1. The Morgan fingerprint density at radius 1 is 1.14 bits per heavy atom. The maximum absolute atomic E-state index is 13.1. The van der Waals surface area contributed by atoms with Gasteiger partial charge < -0.3 is 9.80 Å². The van der Waals surface area contributed by atoms with Crippen LogP contribution in [0.4, 0.5) is 9.52 Å². The first kappa shape index (κ1) is 18.6. The molecule has 1 aromatic heterocycles. The molecule has 2 heterocycles. The molecule has 7 heteroatoms. The van der Waals surface area contributed by atoms with E-state index in [1.165, 1.54) is 41.4 Å². The summed E-state index contributed by atoms with van der Waals surface area (Å²) in [6.07, 6.45) is 0.718. The molecule has 1 aliphatic rings. The van der Waals surface area contributed by atoms with Crippen molar-refractivity contribution in [1.29, 1.82) is 0 Å². The number of benzene rings is 2. The number of hydrogen-bond donors (Lipinski definition) is 0. The Bertz CT molecular complexity index is 945. The van der Waals surface area contributed by atoms with E-state index in [0.717, 1.165) is 17.4 Å². The van der Waals surface area contributed by atoms with Crippen LogP contribution in [0.25, 0.3) is 0 Å². The number of amides is 1. The van der Waals surface area contributed by atoms with Crippen molar-refractivity contribution < 1.29 is 9.18 Å². The van der Waals surface area contributed by atoms with Crippen molar-refractivity contribution in [2.24, 2.45) is 0 Å². The summed E-state index contributed by atoms with van der Waals surface area (Å²) < 4.78 is 17.6. The molecule has 2 aromatic carbocycles. The molecule has 1 atom stereocenters. The van der Waals surface area contributed by atoms with E-state index in [4.69, 9.17) is 0 Å². The van der Waals surface area contributed by atoms with Gasteiger partial charge in [-0.25, -0.2) is 9.37 Å². The minimum absolute atomic E-state index is 0.0350. The molecule has 144 valence electrons. The van der Waals surface area contributed by atoms with Crippen molar-refractivity contribution in [3.8, 4) is 0 Å². The summed E-state index contributed by atoms with van der Waals surface area (Å²) in [5.74, 6) is 0.426. The van der Waals surface area contributed by atoms with Gasteiger partial charge in [-0.15, -0.1) is 0 Å². The van der Waals surface area contributed by atoms with Crippen LogP contribution in [0.5, 0.6) is 0 Å². The van der Waals surface area contributed by atoms with E-state index in [1.54, 1.807) is 0 Å². The smallest absolute Gasteiger partial charge is 0.254 e. The molecule has 0 N–H and O–H groups in total. The topological polar surface area (TPSA) is 49.3 Å². The van der Waals surface area contributed by atoms with Crippen LogP contribution in [0.1, 0.15) is 28.7 Å². The van der Waals surface area contributed by atoms with Crippen molar-refractivity contribution in [3.63, 3.8) is 0 Å². The molecule has 0 radical (unpaired) electrons. The van der Waals surface area contributed by atoms with Crippen LogP contribution in [-0.2, 0) is 6.42 Å². The maximum atomic E-state index is 13.1. The van der Waals surface area contributed by atoms with Crippen LogP contribution in [0.2, 0.25) is 0 Å². The summed E-state index contributed by atoms with van der Waals surface area (Å²) in [7, 11) is 0. The quantitative estimate of drug-likeness (QED) is 0.676. The Morgan fingerprint density at radius 2 is 1.89 bits per heavy atom. The van der Waals surface area contributed by atoms with Crippen molar-refractivity contribution in [3.05, 3.63) is 77.4 Å². The molecular formula is C21H21FN4OS. The molecule has 4 rings (SSSR count). The maximum Gasteiger partial charge on any atom is 0.254 e. The zero-order chi connectivity index (χ0) is 19.5. The average molecular weight is 396 g/mol. The SMILES string of the molecule is CC1CN(c2nc(Cc3ccccc3)ns2)CCN1C(=O)c1ccc(F)cc1. The summed E-state index contributed by atoms with van der Waals surface area (Å²) in [5.41, 5.74) is 1.71. The first-order valence-corrected chi connectivity index (χ1v) is 10.1. The minimum atomic E-state index is -0.336. The van der Waals surface area contributed by atoms with E-state index in [0.29, 0.717) is 25.2 Å². The Balaban J connectivity index is 1.40. The van der Waals surface area contributed by atoms with E-state index in [-0.39, 0.29) is 17.8 Å². The van der Waals surface area contributed by atoms with E-state index in [2.05, 4.69) is 26.4 Å². The van der Waals surface area contributed by atoms with Crippen LogP contribution in [0, 0.1) is 5.82 Å². The van der Waals surface area contributed by atoms with Gasteiger partial charge in [0.05, 0.1) is 0 Å². The van der Waals surface area contributed by atoms with Gasteiger partial charge in [0.15, 0.2) is 0 Å². The van der Waals surface area contributed by atoms with Gasteiger partial charge in [-0.2, -0.15) is 4.37 Å². The lowest BCUT2D eigenvalue weighted by Crippen LogP contribution is -2.54. The Morgan fingerprint density at radius 3 is 2.61 bits per heavy atom. The predicted octanol–water partition coefficient (Wildman–Crippen LogP) is 3.62. The minimum Gasteiger partial charge on any atom is -0.343 e. The van der Waals surface area contributed by atoms with Crippen molar-refractivity contribution in [1.82, 2.24) is 14.3 Å². The van der Waals surface area contributed by atoms with Crippen LogP contribution in [0.3, 0.4) is 0 Å². The molecule has 1 aliphatic heterocycles. The summed E-state index contributed by atoms with van der Waals surface area (Å²) in [6.45, 7) is 4.04. The van der Waals surface area contributed by atoms with Crippen LogP contribution >= 0.6 is 11.5 Å². The summed E-state index contributed by atoms with van der Waals surface area (Å²) in [4.78, 5) is 21.4. The van der Waals surface area contributed by atoms with E-state index >= 15 is 0 Å². The molecule has 0 spiro atoms. The second-order valence-electron chi connectivity index (χ2n) is 6.96. The highest BCUT2D eigenvalue weighted by atomic mass is 32.1. The number of nitrogens with zero attached hydrogens (tertiary/aromatic N) is 4. The van der Waals surface area contributed by atoms with E-state index in [9.17, 15) is 9.18 Å². The van der Waals surface area contributed by atoms with Crippen molar-refractivity contribution in [2.75, 3.05) is 24.5 Å². The number of carbonyl (C=O) groups is 1. The lowest BCUT2D eigenvalue weighted by Gasteiger charge is -2.39. The van der Waals surface area contributed by atoms with Gasteiger partial charge in [0.2, 0.25) is 5.13 Å². The molecule has 1 fully saturated rings. The molecule has 5 nitrogen and oxygen atoms in total. The van der Waals surface area contributed by atoms with Crippen LogP contribution in [-0.4, -0.2) is 45.8 Å².